The molecule has 7 heavy (non-hydrogen) atoms. The molecule has 0 aromatic carbocycles. The molecule has 0 fully saturated rings. The van der Waals surface area contributed by atoms with Crippen LogP contribution < -0.4 is 0 Å². The first-order chi connectivity index (χ1) is 4.67. The van der Waals surface area contributed by atoms with Crippen molar-refractivity contribution >= 4 is 5.97 Å². The van der Waals surface area contributed by atoms with E-state index in [0.717, 1.165) is 0 Å². The molecule has 0 rings (SSSR count). The van der Waals surface area contributed by atoms with Crippen LogP contribution in [0, 0.1) is 0 Å². The Kier molecular flexibility index (Phi) is 0.785. The van der Waals surface area contributed by atoms with Crippen LogP contribution in [0.1, 0.15) is 18.8 Å². The molecular formula is C4H8O3. The molecule has 3 heteroatoms. The van der Waals surface area contributed by atoms with Gasteiger partial charge in [0, 0.05) is 4.11 Å². The Labute approximate surface area is 47.2 Å². The van der Waals surface area contributed by atoms with Gasteiger partial charge in [-0.2, -0.15) is 0 Å². The molecule has 0 spiro atoms. The highest BCUT2D eigenvalue weighted by Gasteiger charge is 2.00. The molecule has 3 nitrogen and oxygen atoms in total. The van der Waals surface area contributed by atoms with Crippen LogP contribution in [0.5, 0.6) is 0 Å². The molecule has 1 unspecified atom stereocenters. The number of carboxylic acid groups (broad SMARTS) is 1. The smallest absolute Gasteiger partial charge is 0.305 e. The second-order valence-electron chi connectivity index (χ2n) is 1.02. The maximum Gasteiger partial charge on any atom is 0.305 e. The predicted molar refractivity (Wildman–Crippen MR) is 23.9 cm³/mol. The standard InChI is InChI=1S/C4H8O3/c1-3(5)2-4(6)7/h3,5H,2H2,1H3,(H,6,7)/i1D3,3D. The van der Waals surface area contributed by atoms with Crippen LogP contribution in [-0.2, 0) is 4.79 Å². The number of carboxylic acids is 1. The van der Waals surface area contributed by atoms with Crippen molar-refractivity contribution < 1.29 is 20.5 Å². The number of hydrogen-bond donors (Lipinski definition) is 2. The molecule has 0 aliphatic heterocycles. The van der Waals surface area contributed by atoms with E-state index in [9.17, 15) is 4.79 Å². The average molecular weight is 108 g/mol. The predicted octanol–water partition coefficient (Wildman–Crippen LogP) is -0.158. The van der Waals surface area contributed by atoms with E-state index in [2.05, 4.69) is 0 Å². The van der Waals surface area contributed by atoms with Gasteiger partial charge in [-0.05, 0) is 6.85 Å². The van der Waals surface area contributed by atoms with Crippen molar-refractivity contribution in [1.82, 2.24) is 0 Å². The molecule has 0 amide bonds. The van der Waals surface area contributed by atoms with Crippen LogP contribution in [0.3, 0.4) is 0 Å². The maximum absolute atomic E-state index is 9.93. The molecule has 1 atom stereocenters. The van der Waals surface area contributed by atoms with Gasteiger partial charge in [-0.15, -0.1) is 0 Å². The Hall–Kier alpha value is -0.570. The molecule has 0 saturated carbocycles. The lowest BCUT2D eigenvalue weighted by Gasteiger charge is -1.94. The molecule has 0 heterocycles. The van der Waals surface area contributed by atoms with E-state index in [1.165, 1.54) is 0 Å². The van der Waals surface area contributed by atoms with E-state index in [1.54, 1.807) is 0 Å². The Morgan fingerprint density at radius 3 is 3.00 bits per heavy atom. The average Bonchev–Trinajstić information content (AvgIpc) is 1.56. The first kappa shape index (κ1) is 2.13. The third-order valence-electron chi connectivity index (χ3n) is 0.319. The summed E-state index contributed by atoms with van der Waals surface area (Å²) in [5, 5.41) is 16.8. The van der Waals surface area contributed by atoms with Gasteiger partial charge in [0.15, 0.2) is 0 Å². The Morgan fingerprint density at radius 1 is 2.29 bits per heavy atom. The van der Waals surface area contributed by atoms with Gasteiger partial charge >= 0.3 is 5.97 Å². The van der Waals surface area contributed by atoms with Crippen LogP contribution in [0.4, 0.5) is 0 Å². The fourth-order valence-electron chi connectivity index (χ4n) is 0.143. The van der Waals surface area contributed by atoms with Crippen molar-refractivity contribution in [3.05, 3.63) is 0 Å². The number of aliphatic hydroxyl groups is 1. The fourth-order valence-corrected chi connectivity index (χ4v) is 0.143. The topological polar surface area (TPSA) is 57.5 Å². The maximum atomic E-state index is 9.93. The molecule has 0 aliphatic rings. The van der Waals surface area contributed by atoms with Crippen molar-refractivity contribution in [3.8, 4) is 0 Å². The molecule has 42 valence electrons. The minimum atomic E-state index is -2.98. The summed E-state index contributed by atoms with van der Waals surface area (Å²) in [4.78, 5) is 9.93. The Bertz CT molecular complexity index is 161. The van der Waals surface area contributed by atoms with Crippen LogP contribution in [0.25, 0.3) is 0 Å². The van der Waals surface area contributed by atoms with Crippen molar-refractivity contribution in [2.45, 2.75) is 19.4 Å². The van der Waals surface area contributed by atoms with Crippen molar-refractivity contribution in [2.24, 2.45) is 0 Å². The molecule has 0 radical (unpaired) electrons. The minimum absolute atomic E-state index is 1.11. The summed E-state index contributed by atoms with van der Waals surface area (Å²) in [6.07, 6.45) is -4.00. The van der Waals surface area contributed by atoms with E-state index >= 15 is 0 Å². The summed E-state index contributed by atoms with van der Waals surface area (Å²) in [5.41, 5.74) is 0. The zero-order valence-electron chi connectivity index (χ0n) is 7.51. The van der Waals surface area contributed by atoms with E-state index < -0.39 is 25.3 Å². The Balaban J connectivity index is 4.34. The van der Waals surface area contributed by atoms with Crippen LogP contribution in [0.2, 0.25) is 0 Å². The summed E-state index contributed by atoms with van der Waals surface area (Å²) >= 11 is 0. The minimum Gasteiger partial charge on any atom is -0.481 e. The lowest BCUT2D eigenvalue weighted by atomic mass is 10.3. The lowest BCUT2D eigenvalue weighted by molar-refractivity contribution is -0.138. The summed E-state index contributed by atoms with van der Waals surface area (Å²) < 4.78 is 26.4. The number of aliphatic carboxylic acids is 1. The van der Waals surface area contributed by atoms with Crippen molar-refractivity contribution in [1.29, 1.82) is 0 Å². The molecule has 2 N–H and O–H groups in total. The summed E-state index contributed by atoms with van der Waals surface area (Å²) in [6.45, 7) is -2.98. The first-order valence-corrected chi connectivity index (χ1v) is 1.61. The van der Waals surface area contributed by atoms with Gasteiger partial charge < -0.3 is 10.2 Å². The molecule has 0 aliphatic carbocycles. The fraction of sp³-hybridized carbons (Fsp3) is 0.750. The second-order valence-corrected chi connectivity index (χ2v) is 1.02. The van der Waals surface area contributed by atoms with Gasteiger partial charge in [0.05, 0.1) is 13.9 Å². The number of rotatable bonds is 2. The zero-order chi connectivity index (χ0) is 9.28. The summed E-state index contributed by atoms with van der Waals surface area (Å²) in [6, 6.07) is 0. The number of hydrogen-bond acceptors (Lipinski definition) is 2. The van der Waals surface area contributed by atoms with Gasteiger partial charge in [0.1, 0.15) is 0 Å². The monoisotopic (exact) mass is 108 g/mol. The Morgan fingerprint density at radius 2 is 2.86 bits per heavy atom. The van der Waals surface area contributed by atoms with Crippen molar-refractivity contribution in [3.63, 3.8) is 0 Å². The quantitative estimate of drug-likeness (QED) is 0.517. The van der Waals surface area contributed by atoms with Crippen molar-refractivity contribution in [2.75, 3.05) is 0 Å². The van der Waals surface area contributed by atoms with Gasteiger partial charge in [0.2, 0.25) is 0 Å². The van der Waals surface area contributed by atoms with E-state index in [0.29, 0.717) is 0 Å². The summed E-state index contributed by atoms with van der Waals surface area (Å²) in [5.74, 6) is -1.52. The second kappa shape index (κ2) is 2.58. The highest BCUT2D eigenvalue weighted by Crippen LogP contribution is 1.85. The lowest BCUT2D eigenvalue weighted by Crippen LogP contribution is -2.07. The molecule has 0 saturated heterocycles. The first-order valence-electron chi connectivity index (χ1n) is 3.61. The highest BCUT2D eigenvalue weighted by molar-refractivity contribution is 5.67. The number of carbonyl (C=O) groups is 1. The zero-order valence-corrected chi connectivity index (χ0v) is 3.51. The SMILES string of the molecule is [2H]C([2H])([2H])C([2H])(O)CC(=O)O. The molecule has 0 aromatic rings. The van der Waals surface area contributed by atoms with E-state index in [4.69, 9.17) is 15.7 Å². The van der Waals surface area contributed by atoms with Gasteiger partial charge in [-0.1, -0.05) is 0 Å². The van der Waals surface area contributed by atoms with E-state index in [-0.39, 0.29) is 0 Å². The molecular weight excluding hydrogens is 96.0 g/mol. The summed E-state index contributed by atoms with van der Waals surface area (Å²) in [7, 11) is 0. The van der Waals surface area contributed by atoms with Gasteiger partial charge in [-0.3, -0.25) is 4.79 Å². The van der Waals surface area contributed by atoms with Gasteiger partial charge in [-0.25, -0.2) is 0 Å². The van der Waals surface area contributed by atoms with Crippen LogP contribution in [0.15, 0.2) is 0 Å². The molecule has 0 bridgehead atoms. The largest absolute Gasteiger partial charge is 0.481 e. The van der Waals surface area contributed by atoms with Crippen LogP contribution >= 0.6 is 0 Å². The van der Waals surface area contributed by atoms with E-state index in [1.807, 2.05) is 0 Å². The van der Waals surface area contributed by atoms with Gasteiger partial charge in [0.25, 0.3) is 0 Å². The third-order valence-corrected chi connectivity index (χ3v) is 0.319. The highest BCUT2D eigenvalue weighted by atomic mass is 16.4. The normalized spacial score (nSPS) is 28.1. The van der Waals surface area contributed by atoms with Crippen LogP contribution in [-0.4, -0.2) is 22.3 Å². The third kappa shape index (κ3) is 5.43. The molecule has 0 aromatic heterocycles.